The van der Waals surface area contributed by atoms with Gasteiger partial charge in [-0.05, 0) is 18.1 Å². The number of benzene rings is 1. The van der Waals surface area contributed by atoms with Crippen LogP contribution in [-0.2, 0) is 18.8 Å². The first-order chi connectivity index (χ1) is 8.12. The summed E-state index contributed by atoms with van der Waals surface area (Å²) in [6.45, 7) is 1.46. The molecule has 0 atom stereocenters. The van der Waals surface area contributed by atoms with Crippen LogP contribution in [0.3, 0.4) is 0 Å². The molecule has 0 radical (unpaired) electrons. The lowest BCUT2D eigenvalue weighted by atomic mass is 9.94. The van der Waals surface area contributed by atoms with Gasteiger partial charge in [0.05, 0.1) is 16.7 Å². The molecule has 0 amide bonds. The van der Waals surface area contributed by atoms with E-state index in [9.17, 15) is 26.3 Å². The van der Waals surface area contributed by atoms with Gasteiger partial charge in [0.15, 0.2) is 0 Å². The molecule has 0 N–H and O–H groups in total. The molecule has 0 aliphatic rings. The lowest BCUT2D eigenvalue weighted by Crippen LogP contribution is -2.19. The van der Waals surface area contributed by atoms with Crippen LogP contribution in [0.2, 0.25) is 0 Å². The molecule has 0 aliphatic carbocycles. The number of hydrogen-bond donors (Lipinski definition) is 0. The van der Waals surface area contributed by atoms with Crippen molar-refractivity contribution in [3.05, 3.63) is 34.4 Å². The standard InChI is InChI=1S/C11H7F6N/c1-2-6-3-4-8(10(12,13)14)9(7(6)5-18)11(15,16)17/h3-4H,2H2,1H3. The topological polar surface area (TPSA) is 23.8 Å². The van der Waals surface area contributed by atoms with Crippen LogP contribution in [0.4, 0.5) is 26.3 Å². The van der Waals surface area contributed by atoms with Crippen molar-refractivity contribution >= 4 is 0 Å². The summed E-state index contributed by atoms with van der Waals surface area (Å²) in [7, 11) is 0. The van der Waals surface area contributed by atoms with E-state index in [1.807, 2.05) is 0 Å². The molecule has 1 nitrogen and oxygen atoms in total. The molecule has 0 bridgehead atoms. The Balaban J connectivity index is 3.73. The Bertz CT molecular complexity index is 492. The third kappa shape index (κ3) is 2.58. The zero-order valence-corrected chi connectivity index (χ0v) is 9.08. The Hall–Kier alpha value is -1.71. The van der Waals surface area contributed by atoms with Crippen molar-refractivity contribution in [2.45, 2.75) is 25.7 Å². The second-order valence-electron chi connectivity index (χ2n) is 3.48. The molecule has 0 saturated heterocycles. The molecular weight excluding hydrogens is 260 g/mol. The minimum absolute atomic E-state index is 0.0457. The first kappa shape index (κ1) is 14.4. The molecule has 0 saturated carbocycles. The smallest absolute Gasteiger partial charge is 0.192 e. The van der Waals surface area contributed by atoms with E-state index < -0.39 is 29.0 Å². The predicted octanol–water partition coefficient (Wildman–Crippen LogP) is 4.16. The summed E-state index contributed by atoms with van der Waals surface area (Å²) >= 11 is 0. The average molecular weight is 267 g/mol. The summed E-state index contributed by atoms with van der Waals surface area (Å²) in [5.41, 5.74) is -4.75. The second-order valence-corrected chi connectivity index (χ2v) is 3.48. The third-order valence-corrected chi connectivity index (χ3v) is 2.37. The predicted molar refractivity (Wildman–Crippen MR) is 50.5 cm³/mol. The van der Waals surface area contributed by atoms with Crippen LogP contribution in [-0.4, -0.2) is 0 Å². The summed E-state index contributed by atoms with van der Waals surface area (Å²) in [6, 6.07) is 2.48. The van der Waals surface area contributed by atoms with Crippen molar-refractivity contribution in [2.75, 3.05) is 0 Å². The van der Waals surface area contributed by atoms with Gasteiger partial charge in [-0.25, -0.2) is 0 Å². The summed E-state index contributed by atoms with van der Waals surface area (Å²) in [6.07, 6.45) is -10.3. The maximum atomic E-state index is 12.7. The zero-order chi connectivity index (χ0) is 14.1. The van der Waals surface area contributed by atoms with Crippen LogP contribution >= 0.6 is 0 Å². The van der Waals surface area contributed by atoms with Crippen molar-refractivity contribution in [1.82, 2.24) is 0 Å². The first-order valence-corrected chi connectivity index (χ1v) is 4.83. The summed E-state index contributed by atoms with van der Waals surface area (Å²) < 4.78 is 75.6. The quantitative estimate of drug-likeness (QED) is 0.701. The lowest BCUT2D eigenvalue weighted by Gasteiger charge is -2.18. The van der Waals surface area contributed by atoms with Crippen molar-refractivity contribution < 1.29 is 26.3 Å². The van der Waals surface area contributed by atoms with Gasteiger partial charge in [0.1, 0.15) is 6.07 Å². The normalized spacial score (nSPS) is 12.3. The number of alkyl halides is 6. The lowest BCUT2D eigenvalue weighted by molar-refractivity contribution is -0.162. The van der Waals surface area contributed by atoms with E-state index in [1.54, 1.807) is 0 Å². The van der Waals surface area contributed by atoms with Gasteiger partial charge in [-0.1, -0.05) is 13.0 Å². The molecule has 1 rings (SSSR count). The Kier molecular flexibility index (Phi) is 3.60. The average Bonchev–Trinajstić information content (AvgIpc) is 2.24. The Morgan fingerprint density at radius 1 is 1.06 bits per heavy atom. The van der Waals surface area contributed by atoms with Gasteiger partial charge >= 0.3 is 12.4 Å². The van der Waals surface area contributed by atoms with Gasteiger partial charge in [-0.3, -0.25) is 0 Å². The molecule has 98 valence electrons. The molecular formula is C11H7F6N. The van der Waals surface area contributed by atoms with Crippen molar-refractivity contribution in [3.8, 4) is 6.07 Å². The number of hydrogen-bond acceptors (Lipinski definition) is 1. The summed E-state index contributed by atoms with van der Waals surface area (Å²) in [5, 5.41) is 8.67. The molecule has 0 aromatic heterocycles. The summed E-state index contributed by atoms with van der Waals surface area (Å²) in [4.78, 5) is 0. The minimum Gasteiger partial charge on any atom is -0.192 e. The SMILES string of the molecule is CCc1ccc(C(F)(F)F)c(C(F)(F)F)c1C#N. The van der Waals surface area contributed by atoms with Crippen molar-refractivity contribution in [2.24, 2.45) is 0 Å². The molecule has 1 aromatic rings. The van der Waals surface area contributed by atoms with Gasteiger partial charge < -0.3 is 0 Å². The first-order valence-electron chi connectivity index (χ1n) is 4.83. The number of nitrogens with zero attached hydrogens (tertiary/aromatic N) is 1. The van der Waals surface area contributed by atoms with E-state index in [-0.39, 0.29) is 12.0 Å². The van der Waals surface area contributed by atoms with Crippen LogP contribution in [0.1, 0.15) is 29.2 Å². The fourth-order valence-corrected chi connectivity index (χ4v) is 1.60. The molecule has 1 aromatic carbocycles. The number of aryl methyl sites for hydroxylation is 1. The minimum atomic E-state index is -5.22. The number of halogens is 6. The second kappa shape index (κ2) is 4.52. The van der Waals surface area contributed by atoms with Crippen LogP contribution in [0, 0.1) is 11.3 Å². The largest absolute Gasteiger partial charge is 0.418 e. The summed E-state index contributed by atoms with van der Waals surface area (Å²) in [5.74, 6) is 0. The third-order valence-electron chi connectivity index (χ3n) is 2.37. The molecule has 0 heterocycles. The molecule has 18 heavy (non-hydrogen) atoms. The van der Waals surface area contributed by atoms with E-state index in [4.69, 9.17) is 5.26 Å². The highest BCUT2D eigenvalue weighted by atomic mass is 19.4. The highest BCUT2D eigenvalue weighted by Gasteiger charge is 2.45. The fraction of sp³-hybridized carbons (Fsp3) is 0.364. The van der Waals surface area contributed by atoms with Gasteiger partial charge in [-0.15, -0.1) is 0 Å². The van der Waals surface area contributed by atoms with E-state index >= 15 is 0 Å². The van der Waals surface area contributed by atoms with Gasteiger partial charge in [-0.2, -0.15) is 31.6 Å². The molecule has 0 spiro atoms. The van der Waals surface area contributed by atoms with E-state index in [1.165, 1.54) is 13.0 Å². The van der Waals surface area contributed by atoms with Crippen LogP contribution < -0.4 is 0 Å². The Morgan fingerprint density at radius 3 is 1.94 bits per heavy atom. The van der Waals surface area contributed by atoms with Crippen LogP contribution in [0.5, 0.6) is 0 Å². The van der Waals surface area contributed by atoms with Crippen LogP contribution in [0.25, 0.3) is 0 Å². The van der Waals surface area contributed by atoms with Crippen molar-refractivity contribution in [3.63, 3.8) is 0 Å². The zero-order valence-electron chi connectivity index (χ0n) is 9.08. The van der Waals surface area contributed by atoms with Crippen molar-refractivity contribution in [1.29, 1.82) is 5.26 Å². The molecule has 0 unspecified atom stereocenters. The van der Waals surface area contributed by atoms with Gasteiger partial charge in [0.25, 0.3) is 0 Å². The van der Waals surface area contributed by atoms with E-state index in [0.29, 0.717) is 6.07 Å². The van der Waals surface area contributed by atoms with Gasteiger partial charge in [0.2, 0.25) is 0 Å². The highest BCUT2D eigenvalue weighted by Crippen LogP contribution is 2.42. The van der Waals surface area contributed by atoms with E-state index in [0.717, 1.165) is 6.07 Å². The maximum absolute atomic E-state index is 12.7. The maximum Gasteiger partial charge on any atom is 0.418 e. The molecule has 7 heteroatoms. The van der Waals surface area contributed by atoms with E-state index in [2.05, 4.69) is 0 Å². The monoisotopic (exact) mass is 267 g/mol. The Morgan fingerprint density at radius 2 is 1.61 bits per heavy atom. The molecule has 0 aliphatic heterocycles. The molecule has 0 fully saturated rings. The Labute approximate surface area is 98.6 Å². The number of rotatable bonds is 1. The number of nitriles is 1. The van der Waals surface area contributed by atoms with Gasteiger partial charge in [0, 0.05) is 0 Å². The fourth-order valence-electron chi connectivity index (χ4n) is 1.60. The van der Waals surface area contributed by atoms with Crippen LogP contribution in [0.15, 0.2) is 12.1 Å². The highest BCUT2D eigenvalue weighted by molar-refractivity contribution is 5.51.